The maximum absolute atomic E-state index is 2.28. The molecule has 0 fully saturated rings. The Balaban J connectivity index is 1.89. The number of hydrogen-bond donors (Lipinski definition) is 0. The standard InChI is InChI=1S/C21H16/c1-15-6-7-19-14-21(11-10-18(19)12-15)20-9-8-16-4-2-3-5-17(16)13-20/h2-14H,1H3. The maximum Gasteiger partial charge on any atom is -0.0177 e. The highest BCUT2D eigenvalue weighted by molar-refractivity contribution is 5.91. The molecule has 0 unspecified atom stereocenters. The molecule has 0 saturated heterocycles. The summed E-state index contributed by atoms with van der Waals surface area (Å²) >= 11 is 0. The normalized spacial score (nSPS) is 11.1. The molecule has 0 spiro atoms. The van der Waals surface area contributed by atoms with Gasteiger partial charge in [0, 0.05) is 0 Å². The third-order valence-electron chi connectivity index (χ3n) is 4.08. The molecule has 4 aromatic carbocycles. The van der Waals surface area contributed by atoms with Gasteiger partial charge in [-0.25, -0.2) is 0 Å². The minimum atomic E-state index is 1.27. The predicted octanol–water partition coefficient (Wildman–Crippen LogP) is 5.97. The van der Waals surface area contributed by atoms with Crippen LogP contribution in [-0.2, 0) is 0 Å². The number of rotatable bonds is 1. The molecule has 100 valence electrons. The minimum absolute atomic E-state index is 1.27. The van der Waals surface area contributed by atoms with Crippen molar-refractivity contribution >= 4 is 21.5 Å². The molecule has 0 aliphatic carbocycles. The topological polar surface area (TPSA) is 0 Å². The van der Waals surface area contributed by atoms with Gasteiger partial charge in [0.25, 0.3) is 0 Å². The largest absolute Gasteiger partial charge is 0.0616 e. The first-order valence-corrected chi connectivity index (χ1v) is 7.29. The summed E-state index contributed by atoms with van der Waals surface area (Å²) in [5.74, 6) is 0. The number of hydrogen-bond acceptors (Lipinski definition) is 0. The Hall–Kier alpha value is -2.60. The van der Waals surface area contributed by atoms with E-state index in [0.717, 1.165) is 0 Å². The number of fused-ring (bicyclic) bond motifs is 2. The van der Waals surface area contributed by atoms with Crippen LogP contribution in [0, 0.1) is 6.92 Å². The lowest BCUT2D eigenvalue weighted by Crippen LogP contribution is -1.81. The number of benzene rings is 4. The smallest absolute Gasteiger partial charge is 0.0177 e. The van der Waals surface area contributed by atoms with Gasteiger partial charge in [-0.05, 0) is 51.7 Å². The van der Waals surface area contributed by atoms with Gasteiger partial charge in [-0.3, -0.25) is 0 Å². The summed E-state index contributed by atoms with van der Waals surface area (Å²) < 4.78 is 0. The van der Waals surface area contributed by atoms with E-state index in [1.54, 1.807) is 0 Å². The Bertz CT molecular complexity index is 948. The zero-order chi connectivity index (χ0) is 14.2. The maximum atomic E-state index is 2.28. The van der Waals surface area contributed by atoms with E-state index in [9.17, 15) is 0 Å². The van der Waals surface area contributed by atoms with E-state index in [-0.39, 0.29) is 0 Å². The van der Waals surface area contributed by atoms with Gasteiger partial charge >= 0.3 is 0 Å². The second kappa shape index (κ2) is 4.75. The molecular weight excluding hydrogens is 252 g/mol. The minimum Gasteiger partial charge on any atom is -0.0616 e. The highest BCUT2D eigenvalue weighted by Crippen LogP contribution is 2.27. The van der Waals surface area contributed by atoms with Crippen LogP contribution in [0.25, 0.3) is 32.7 Å². The van der Waals surface area contributed by atoms with Crippen molar-refractivity contribution in [3.63, 3.8) is 0 Å². The van der Waals surface area contributed by atoms with Crippen molar-refractivity contribution < 1.29 is 0 Å². The Morgan fingerprint density at radius 1 is 0.476 bits per heavy atom. The highest BCUT2D eigenvalue weighted by atomic mass is 14.1. The van der Waals surface area contributed by atoms with E-state index in [4.69, 9.17) is 0 Å². The van der Waals surface area contributed by atoms with E-state index in [2.05, 4.69) is 85.8 Å². The summed E-state index contributed by atoms with van der Waals surface area (Å²) in [5.41, 5.74) is 3.86. The summed E-state index contributed by atoms with van der Waals surface area (Å²) in [6, 6.07) is 28.5. The monoisotopic (exact) mass is 268 g/mol. The van der Waals surface area contributed by atoms with Crippen LogP contribution in [0.3, 0.4) is 0 Å². The molecule has 0 heterocycles. The van der Waals surface area contributed by atoms with Crippen molar-refractivity contribution in [2.75, 3.05) is 0 Å². The summed E-state index contributed by atoms with van der Waals surface area (Å²) in [4.78, 5) is 0. The predicted molar refractivity (Wildman–Crippen MR) is 91.6 cm³/mol. The van der Waals surface area contributed by atoms with Gasteiger partial charge in [0.05, 0.1) is 0 Å². The molecule has 21 heavy (non-hydrogen) atoms. The van der Waals surface area contributed by atoms with Gasteiger partial charge < -0.3 is 0 Å². The van der Waals surface area contributed by atoms with E-state index >= 15 is 0 Å². The summed E-state index contributed by atoms with van der Waals surface area (Å²) in [5, 5.41) is 5.18. The summed E-state index contributed by atoms with van der Waals surface area (Å²) in [7, 11) is 0. The third-order valence-corrected chi connectivity index (χ3v) is 4.08. The average molecular weight is 268 g/mol. The lowest BCUT2D eigenvalue weighted by atomic mass is 9.98. The SMILES string of the molecule is Cc1ccc2cc(-c3ccc4ccccc4c3)ccc2c1. The third kappa shape index (κ3) is 2.19. The Labute approximate surface area is 124 Å². The Kier molecular flexibility index (Phi) is 2.75. The lowest BCUT2D eigenvalue weighted by Gasteiger charge is -2.06. The molecular formula is C21H16. The van der Waals surface area contributed by atoms with Crippen molar-refractivity contribution in [1.82, 2.24) is 0 Å². The summed E-state index contributed by atoms with van der Waals surface area (Å²) in [6.07, 6.45) is 0. The molecule has 0 aliphatic rings. The van der Waals surface area contributed by atoms with Crippen LogP contribution < -0.4 is 0 Å². The molecule has 4 rings (SSSR count). The van der Waals surface area contributed by atoms with Crippen LogP contribution in [0.5, 0.6) is 0 Å². The first kappa shape index (κ1) is 12.2. The molecule has 0 radical (unpaired) electrons. The van der Waals surface area contributed by atoms with Crippen molar-refractivity contribution in [2.45, 2.75) is 6.92 Å². The van der Waals surface area contributed by atoms with Crippen LogP contribution >= 0.6 is 0 Å². The van der Waals surface area contributed by atoms with Crippen LogP contribution in [0.4, 0.5) is 0 Å². The molecule has 0 atom stereocenters. The quantitative estimate of drug-likeness (QED) is 0.399. The lowest BCUT2D eigenvalue weighted by molar-refractivity contribution is 1.50. The van der Waals surface area contributed by atoms with Crippen molar-refractivity contribution in [3.8, 4) is 11.1 Å². The van der Waals surface area contributed by atoms with E-state index in [0.29, 0.717) is 0 Å². The zero-order valence-electron chi connectivity index (χ0n) is 12.0. The first-order chi connectivity index (χ1) is 10.3. The van der Waals surface area contributed by atoms with Gasteiger partial charge in [-0.2, -0.15) is 0 Å². The Morgan fingerprint density at radius 3 is 1.76 bits per heavy atom. The van der Waals surface area contributed by atoms with Gasteiger partial charge in [0.15, 0.2) is 0 Å². The fraction of sp³-hybridized carbons (Fsp3) is 0.0476. The van der Waals surface area contributed by atoms with Crippen LogP contribution in [0.1, 0.15) is 5.56 Å². The van der Waals surface area contributed by atoms with Crippen LogP contribution in [0.15, 0.2) is 78.9 Å². The fourth-order valence-corrected chi connectivity index (χ4v) is 2.91. The van der Waals surface area contributed by atoms with Crippen molar-refractivity contribution in [3.05, 3.63) is 84.4 Å². The van der Waals surface area contributed by atoms with Crippen LogP contribution in [0.2, 0.25) is 0 Å². The van der Waals surface area contributed by atoms with Crippen molar-refractivity contribution in [1.29, 1.82) is 0 Å². The molecule has 0 amide bonds. The first-order valence-electron chi connectivity index (χ1n) is 7.29. The van der Waals surface area contributed by atoms with E-state index in [1.807, 2.05) is 0 Å². The Morgan fingerprint density at radius 2 is 1.00 bits per heavy atom. The van der Waals surface area contributed by atoms with Gasteiger partial charge in [-0.15, -0.1) is 0 Å². The van der Waals surface area contributed by atoms with E-state index < -0.39 is 0 Å². The molecule has 0 bridgehead atoms. The second-order valence-corrected chi connectivity index (χ2v) is 5.63. The molecule has 0 nitrogen and oxygen atoms in total. The van der Waals surface area contributed by atoms with Crippen molar-refractivity contribution in [2.24, 2.45) is 0 Å². The van der Waals surface area contributed by atoms with Gasteiger partial charge in [0.2, 0.25) is 0 Å². The van der Waals surface area contributed by atoms with Gasteiger partial charge in [-0.1, -0.05) is 72.3 Å². The highest BCUT2D eigenvalue weighted by Gasteiger charge is 2.01. The zero-order valence-corrected chi connectivity index (χ0v) is 12.0. The molecule has 0 heteroatoms. The summed E-state index contributed by atoms with van der Waals surface area (Å²) in [6.45, 7) is 2.14. The molecule has 0 aliphatic heterocycles. The second-order valence-electron chi connectivity index (χ2n) is 5.63. The molecule has 0 aromatic heterocycles. The van der Waals surface area contributed by atoms with Gasteiger partial charge in [0.1, 0.15) is 0 Å². The molecule has 0 N–H and O–H groups in total. The van der Waals surface area contributed by atoms with Crippen LogP contribution in [-0.4, -0.2) is 0 Å². The molecule has 0 saturated carbocycles. The van der Waals surface area contributed by atoms with E-state index in [1.165, 1.54) is 38.2 Å². The fourth-order valence-electron chi connectivity index (χ4n) is 2.91. The average Bonchev–Trinajstić information content (AvgIpc) is 2.54. The molecule has 4 aromatic rings. The number of aryl methyl sites for hydroxylation is 1.